The molecule has 3 aromatic rings. The first-order valence-corrected chi connectivity index (χ1v) is 12.0. The first kappa shape index (κ1) is 23.3. The fourth-order valence-electron chi connectivity index (χ4n) is 6.18. The Morgan fingerprint density at radius 3 is 2.56 bits per heavy atom. The second-order valence-corrected chi connectivity index (χ2v) is 10.5. The number of rotatable bonds is 4. The summed E-state index contributed by atoms with van der Waals surface area (Å²) in [6, 6.07) is 1.82. The molecule has 4 aliphatic rings. The molecule has 0 aromatic carbocycles. The summed E-state index contributed by atoms with van der Waals surface area (Å²) in [5, 5.41) is 0. The van der Waals surface area contributed by atoms with Crippen molar-refractivity contribution < 1.29 is 22.6 Å². The van der Waals surface area contributed by atoms with E-state index in [4.69, 9.17) is 19.4 Å². The molecule has 4 heterocycles. The number of aryl methyl sites for hydroxylation is 2. The zero-order chi connectivity index (χ0) is 25.5. The summed E-state index contributed by atoms with van der Waals surface area (Å²) >= 11 is 0. The molecule has 3 aromatic heterocycles. The quantitative estimate of drug-likeness (QED) is 0.567. The van der Waals surface area contributed by atoms with Gasteiger partial charge >= 0.3 is 6.18 Å². The molecule has 3 aliphatic carbocycles. The predicted molar refractivity (Wildman–Crippen MR) is 123 cm³/mol. The molecule has 36 heavy (non-hydrogen) atoms. The fraction of sp³-hybridized carbons (Fsp3) is 0.560. The van der Waals surface area contributed by atoms with Gasteiger partial charge in [0.15, 0.2) is 5.65 Å². The number of hydrogen-bond acceptors (Lipinski definition) is 7. The first-order chi connectivity index (χ1) is 17.0. The summed E-state index contributed by atoms with van der Waals surface area (Å²) in [6.45, 7) is 3.98. The molecule has 7 rings (SSSR count). The minimum atomic E-state index is -4.22. The van der Waals surface area contributed by atoms with Crippen molar-refractivity contribution in [3.63, 3.8) is 0 Å². The maximum absolute atomic E-state index is 13.6. The van der Waals surface area contributed by atoms with Gasteiger partial charge in [0.25, 0.3) is 5.56 Å². The van der Waals surface area contributed by atoms with Gasteiger partial charge in [0.1, 0.15) is 17.0 Å². The van der Waals surface area contributed by atoms with Crippen LogP contribution in [0.25, 0.3) is 11.2 Å². The molecular formula is C25H26F3N5O3. The van der Waals surface area contributed by atoms with E-state index in [1.165, 1.54) is 7.11 Å². The second kappa shape index (κ2) is 7.71. The molecule has 1 N–H and O–H groups in total. The lowest BCUT2D eigenvalue weighted by molar-refractivity contribution is -0.337. The largest absolute Gasteiger partial charge is 0.480 e. The van der Waals surface area contributed by atoms with E-state index >= 15 is 0 Å². The molecule has 0 spiro atoms. The minimum absolute atomic E-state index is 0.0139. The average molecular weight is 502 g/mol. The van der Waals surface area contributed by atoms with E-state index in [2.05, 4.69) is 15.0 Å². The number of nitrogens with one attached hydrogen (secondary N) is 1. The normalized spacial score (nSPS) is 29.5. The van der Waals surface area contributed by atoms with Crippen LogP contribution in [0.15, 0.2) is 17.1 Å². The molecule has 11 heteroatoms. The number of aromatic amines is 1. The van der Waals surface area contributed by atoms with E-state index in [0.717, 1.165) is 5.56 Å². The molecule has 190 valence electrons. The molecule has 0 amide bonds. The Balaban J connectivity index is 1.39. The van der Waals surface area contributed by atoms with Gasteiger partial charge in [-0.2, -0.15) is 13.2 Å². The lowest BCUT2D eigenvalue weighted by Crippen LogP contribution is -2.70. The van der Waals surface area contributed by atoms with Gasteiger partial charge in [-0.05, 0) is 57.6 Å². The number of H-pyrrole nitrogens is 1. The van der Waals surface area contributed by atoms with Crippen LogP contribution in [-0.4, -0.2) is 44.8 Å². The molecule has 1 aliphatic heterocycles. The van der Waals surface area contributed by atoms with Crippen molar-refractivity contribution in [3.8, 4) is 5.88 Å². The highest BCUT2D eigenvalue weighted by atomic mass is 19.4. The highest BCUT2D eigenvalue weighted by Gasteiger charge is 2.79. The van der Waals surface area contributed by atoms with Crippen molar-refractivity contribution >= 4 is 11.2 Å². The summed E-state index contributed by atoms with van der Waals surface area (Å²) in [4.78, 5) is 33.3. The molecule has 4 fully saturated rings. The van der Waals surface area contributed by atoms with E-state index in [0.29, 0.717) is 59.3 Å². The summed E-state index contributed by atoms with van der Waals surface area (Å²) in [6.07, 6.45) is -1.52. The van der Waals surface area contributed by atoms with Crippen LogP contribution in [0.2, 0.25) is 0 Å². The number of ether oxygens (including phenoxy) is 2. The third kappa shape index (κ3) is 3.35. The third-order valence-corrected chi connectivity index (χ3v) is 8.14. The Kier molecular flexibility index (Phi) is 4.99. The van der Waals surface area contributed by atoms with Gasteiger partial charge < -0.3 is 14.5 Å². The van der Waals surface area contributed by atoms with Crippen LogP contribution in [0.1, 0.15) is 72.5 Å². The standard InChI is InChI=1S/C25H26F3N5O3/c1-12-6-15(8-29-21(12)34)16-7-14(4-5-36-16)19-32-18(23-9-24(10-23,11-23)25(26,27)28)17-20(33-19)30-13(2)22(31-17)35-3/h6,8,14,16H,4-5,7,9-11H2,1-3H3,(H,29,34)/t14-,16+,23?,24?/m0/s1. The van der Waals surface area contributed by atoms with Gasteiger partial charge in [-0.25, -0.2) is 19.9 Å². The number of methoxy groups -OCH3 is 1. The first-order valence-electron chi connectivity index (χ1n) is 12.0. The summed E-state index contributed by atoms with van der Waals surface area (Å²) < 4.78 is 52.1. The molecule has 8 nitrogen and oxygen atoms in total. The van der Waals surface area contributed by atoms with Crippen LogP contribution in [-0.2, 0) is 10.2 Å². The smallest absolute Gasteiger partial charge is 0.394 e. The fourth-order valence-corrected chi connectivity index (χ4v) is 6.18. The predicted octanol–water partition coefficient (Wildman–Crippen LogP) is 4.35. The Bertz CT molecular complexity index is 1420. The summed E-state index contributed by atoms with van der Waals surface area (Å²) in [5.74, 6) is 0.792. The van der Waals surface area contributed by atoms with Gasteiger partial charge in [0.2, 0.25) is 5.88 Å². The van der Waals surface area contributed by atoms with Crippen LogP contribution in [0.5, 0.6) is 5.88 Å². The van der Waals surface area contributed by atoms with Crippen LogP contribution >= 0.6 is 0 Å². The Labute approximate surface area is 204 Å². The zero-order valence-corrected chi connectivity index (χ0v) is 20.2. The highest BCUT2D eigenvalue weighted by Crippen LogP contribution is 2.78. The van der Waals surface area contributed by atoms with Crippen molar-refractivity contribution in [3.05, 3.63) is 51.0 Å². The van der Waals surface area contributed by atoms with Crippen molar-refractivity contribution in [2.45, 2.75) is 69.6 Å². The lowest BCUT2D eigenvalue weighted by atomic mass is 9.34. The highest BCUT2D eigenvalue weighted by molar-refractivity contribution is 5.76. The Morgan fingerprint density at radius 1 is 1.14 bits per heavy atom. The third-order valence-electron chi connectivity index (χ3n) is 8.14. The summed E-state index contributed by atoms with van der Waals surface area (Å²) in [7, 11) is 1.48. The molecule has 2 bridgehead atoms. The lowest BCUT2D eigenvalue weighted by Gasteiger charge is -2.70. The monoisotopic (exact) mass is 501 g/mol. The van der Waals surface area contributed by atoms with Crippen molar-refractivity contribution in [1.29, 1.82) is 0 Å². The molecule has 1 saturated heterocycles. The number of nitrogens with zero attached hydrogens (tertiary/aromatic N) is 4. The molecule has 2 atom stereocenters. The van der Waals surface area contributed by atoms with Crippen molar-refractivity contribution in [1.82, 2.24) is 24.9 Å². The zero-order valence-electron chi connectivity index (χ0n) is 20.2. The van der Waals surface area contributed by atoms with Gasteiger partial charge in [-0.1, -0.05) is 0 Å². The van der Waals surface area contributed by atoms with E-state index in [1.54, 1.807) is 20.0 Å². The van der Waals surface area contributed by atoms with E-state index in [1.807, 2.05) is 6.07 Å². The minimum Gasteiger partial charge on any atom is -0.480 e. The van der Waals surface area contributed by atoms with E-state index < -0.39 is 17.0 Å². The van der Waals surface area contributed by atoms with Gasteiger partial charge in [0.05, 0.1) is 24.3 Å². The van der Waals surface area contributed by atoms with E-state index in [-0.39, 0.29) is 36.8 Å². The van der Waals surface area contributed by atoms with Gasteiger partial charge in [0, 0.05) is 29.7 Å². The topological polar surface area (TPSA) is 103 Å². The molecule has 0 radical (unpaired) electrons. The van der Waals surface area contributed by atoms with Gasteiger partial charge in [-0.3, -0.25) is 4.79 Å². The molecular weight excluding hydrogens is 475 g/mol. The van der Waals surface area contributed by atoms with E-state index in [9.17, 15) is 18.0 Å². The van der Waals surface area contributed by atoms with Gasteiger partial charge in [-0.15, -0.1) is 0 Å². The van der Waals surface area contributed by atoms with Crippen LogP contribution in [0.4, 0.5) is 13.2 Å². The van der Waals surface area contributed by atoms with Crippen LogP contribution < -0.4 is 10.3 Å². The average Bonchev–Trinajstić information content (AvgIpc) is 2.77. The molecule has 0 unspecified atom stereocenters. The second-order valence-electron chi connectivity index (χ2n) is 10.5. The number of pyridine rings is 1. The maximum Gasteiger partial charge on any atom is 0.394 e. The Morgan fingerprint density at radius 2 is 1.89 bits per heavy atom. The van der Waals surface area contributed by atoms with Crippen LogP contribution in [0.3, 0.4) is 0 Å². The number of hydrogen-bond donors (Lipinski definition) is 1. The van der Waals surface area contributed by atoms with Crippen molar-refractivity contribution in [2.75, 3.05) is 13.7 Å². The Hall–Kier alpha value is -3.08. The summed E-state index contributed by atoms with van der Waals surface area (Å²) in [5.41, 5.74) is 0.932. The van der Waals surface area contributed by atoms with Crippen LogP contribution in [0, 0.1) is 19.3 Å². The number of alkyl halides is 3. The SMILES string of the molecule is COc1nc2c(C34CC(C(F)(F)F)(C3)C4)nc([C@H]3CCO[C@@H](c4c[nH]c(=O)c(C)c4)C3)nc2nc1C. The number of halogens is 3. The number of fused-ring (bicyclic) bond motifs is 1. The number of aromatic nitrogens is 5. The van der Waals surface area contributed by atoms with Crippen molar-refractivity contribution in [2.24, 2.45) is 5.41 Å². The maximum atomic E-state index is 13.6. The molecule has 3 saturated carbocycles.